The van der Waals surface area contributed by atoms with Crippen LogP contribution in [0.3, 0.4) is 0 Å². The van der Waals surface area contributed by atoms with Crippen LogP contribution < -0.4 is 10.6 Å². The third-order valence-electron chi connectivity index (χ3n) is 2.79. The average molecular weight is 308 g/mol. The summed E-state index contributed by atoms with van der Waals surface area (Å²) < 4.78 is 39.2. The van der Waals surface area contributed by atoms with Gasteiger partial charge in [-0.3, -0.25) is 4.68 Å². The predicted molar refractivity (Wildman–Crippen MR) is 69.4 cm³/mol. The number of carbonyl (C=O) groups excluding carboxylic acids is 1. The summed E-state index contributed by atoms with van der Waals surface area (Å²) in [5.74, 6) is 0. The van der Waals surface area contributed by atoms with Gasteiger partial charge in [-0.2, -0.15) is 18.3 Å². The SMILES string of the molecule is CC(CCCO)NC(=O)NCc1cn(C)nc1C(F)(F)F. The number of carbonyl (C=O) groups is 1. The van der Waals surface area contributed by atoms with Crippen molar-refractivity contribution in [1.29, 1.82) is 0 Å². The Bertz CT molecular complexity index is 474. The molecule has 2 amide bonds. The number of halogens is 3. The average Bonchev–Trinajstić information content (AvgIpc) is 2.75. The third-order valence-corrected chi connectivity index (χ3v) is 2.79. The molecule has 0 aliphatic carbocycles. The fraction of sp³-hybridized carbons (Fsp3) is 0.667. The molecule has 120 valence electrons. The Labute approximate surface area is 120 Å². The molecule has 0 saturated heterocycles. The lowest BCUT2D eigenvalue weighted by molar-refractivity contribution is -0.142. The monoisotopic (exact) mass is 308 g/mol. The number of hydrogen-bond donors (Lipinski definition) is 3. The topological polar surface area (TPSA) is 79.2 Å². The molecule has 1 unspecified atom stereocenters. The quantitative estimate of drug-likeness (QED) is 0.743. The Morgan fingerprint density at radius 1 is 1.52 bits per heavy atom. The number of rotatable bonds is 6. The lowest BCUT2D eigenvalue weighted by atomic mass is 10.2. The molecule has 6 nitrogen and oxygen atoms in total. The van der Waals surface area contributed by atoms with Gasteiger partial charge in [0.1, 0.15) is 0 Å². The van der Waals surface area contributed by atoms with Crippen molar-refractivity contribution in [3.05, 3.63) is 17.5 Å². The summed E-state index contributed by atoms with van der Waals surface area (Å²) in [4.78, 5) is 11.6. The number of urea groups is 1. The van der Waals surface area contributed by atoms with E-state index in [1.165, 1.54) is 13.2 Å². The highest BCUT2D eigenvalue weighted by atomic mass is 19.4. The van der Waals surface area contributed by atoms with Crippen molar-refractivity contribution < 1.29 is 23.1 Å². The number of nitrogens with zero attached hydrogens (tertiary/aromatic N) is 2. The van der Waals surface area contributed by atoms with Crippen LogP contribution in [0.2, 0.25) is 0 Å². The van der Waals surface area contributed by atoms with Crippen LogP contribution in [0.25, 0.3) is 0 Å². The second-order valence-corrected chi connectivity index (χ2v) is 4.77. The maximum atomic E-state index is 12.7. The molecule has 0 bridgehead atoms. The zero-order valence-corrected chi connectivity index (χ0v) is 11.9. The van der Waals surface area contributed by atoms with Gasteiger partial charge in [-0.25, -0.2) is 4.79 Å². The lowest BCUT2D eigenvalue weighted by Crippen LogP contribution is -2.40. The minimum atomic E-state index is -4.55. The number of aryl methyl sites for hydroxylation is 1. The maximum Gasteiger partial charge on any atom is 0.435 e. The first kappa shape index (κ1) is 17.3. The molecule has 1 rings (SSSR count). The fourth-order valence-electron chi connectivity index (χ4n) is 1.83. The van der Waals surface area contributed by atoms with Crippen molar-refractivity contribution in [1.82, 2.24) is 20.4 Å². The fourth-order valence-corrected chi connectivity index (χ4v) is 1.83. The number of nitrogens with one attached hydrogen (secondary N) is 2. The van der Waals surface area contributed by atoms with Gasteiger partial charge in [0.2, 0.25) is 0 Å². The molecule has 1 aromatic rings. The van der Waals surface area contributed by atoms with Crippen LogP contribution in [0, 0.1) is 0 Å². The molecular weight excluding hydrogens is 289 g/mol. The molecular formula is C12H19F3N4O2. The summed E-state index contributed by atoms with van der Waals surface area (Å²) in [6, 6.07) is -0.731. The van der Waals surface area contributed by atoms with E-state index in [2.05, 4.69) is 15.7 Å². The molecule has 1 aromatic heterocycles. The Hall–Kier alpha value is -1.77. The van der Waals surface area contributed by atoms with Crippen molar-refractivity contribution in [2.24, 2.45) is 7.05 Å². The number of aliphatic hydroxyl groups excluding tert-OH is 1. The maximum absolute atomic E-state index is 12.7. The second-order valence-electron chi connectivity index (χ2n) is 4.77. The molecule has 3 N–H and O–H groups in total. The molecule has 0 fully saturated rings. The first-order valence-electron chi connectivity index (χ1n) is 6.49. The van der Waals surface area contributed by atoms with Gasteiger partial charge in [-0.1, -0.05) is 0 Å². The van der Waals surface area contributed by atoms with Gasteiger partial charge >= 0.3 is 12.2 Å². The van der Waals surface area contributed by atoms with E-state index in [-0.39, 0.29) is 24.8 Å². The highest BCUT2D eigenvalue weighted by Crippen LogP contribution is 2.30. The molecule has 1 atom stereocenters. The lowest BCUT2D eigenvalue weighted by Gasteiger charge is -2.14. The molecule has 9 heteroatoms. The Morgan fingerprint density at radius 2 is 2.19 bits per heavy atom. The van der Waals surface area contributed by atoms with Crippen LogP contribution in [0.1, 0.15) is 31.0 Å². The van der Waals surface area contributed by atoms with Gasteiger partial charge in [0.25, 0.3) is 0 Å². The van der Waals surface area contributed by atoms with Gasteiger partial charge < -0.3 is 15.7 Å². The molecule has 0 saturated carbocycles. The standard InChI is InChI=1S/C12H19F3N4O2/c1-8(4-3-5-20)17-11(21)16-6-9-7-19(2)18-10(9)12(13,14)15/h7-8,20H,3-6H2,1-2H3,(H2,16,17,21). The highest BCUT2D eigenvalue weighted by Gasteiger charge is 2.36. The summed E-state index contributed by atoms with van der Waals surface area (Å²) >= 11 is 0. The zero-order valence-electron chi connectivity index (χ0n) is 11.9. The highest BCUT2D eigenvalue weighted by molar-refractivity contribution is 5.74. The summed E-state index contributed by atoms with van der Waals surface area (Å²) in [6.07, 6.45) is -2.20. The minimum Gasteiger partial charge on any atom is -0.396 e. The summed E-state index contributed by atoms with van der Waals surface area (Å²) in [7, 11) is 1.38. The van der Waals surface area contributed by atoms with E-state index in [0.717, 1.165) is 4.68 Å². The molecule has 0 spiro atoms. The smallest absolute Gasteiger partial charge is 0.396 e. The molecule has 0 aliphatic heterocycles. The van der Waals surface area contributed by atoms with Gasteiger partial charge in [0, 0.05) is 38.0 Å². The molecule has 21 heavy (non-hydrogen) atoms. The normalized spacial score (nSPS) is 13.0. The number of aromatic nitrogens is 2. The molecule has 1 heterocycles. The number of amides is 2. The van der Waals surface area contributed by atoms with Crippen LogP contribution in [0.4, 0.5) is 18.0 Å². The van der Waals surface area contributed by atoms with Crippen molar-refractivity contribution in [2.45, 2.75) is 38.5 Å². The first-order chi connectivity index (χ1) is 9.74. The Kier molecular flexibility index (Phi) is 6.01. The van der Waals surface area contributed by atoms with E-state index < -0.39 is 17.9 Å². The van der Waals surface area contributed by atoms with E-state index >= 15 is 0 Å². The van der Waals surface area contributed by atoms with E-state index in [1.807, 2.05) is 0 Å². The van der Waals surface area contributed by atoms with E-state index in [4.69, 9.17) is 5.11 Å². The second kappa shape index (κ2) is 7.30. The van der Waals surface area contributed by atoms with Crippen molar-refractivity contribution in [2.75, 3.05) is 6.61 Å². The van der Waals surface area contributed by atoms with Crippen LogP contribution in [0.5, 0.6) is 0 Å². The van der Waals surface area contributed by atoms with Gasteiger partial charge in [-0.15, -0.1) is 0 Å². The molecule has 0 radical (unpaired) electrons. The number of alkyl halides is 3. The first-order valence-corrected chi connectivity index (χ1v) is 6.49. The zero-order chi connectivity index (χ0) is 16.0. The summed E-state index contributed by atoms with van der Waals surface area (Å²) in [5.41, 5.74) is -1.10. The number of hydrogen-bond acceptors (Lipinski definition) is 3. The van der Waals surface area contributed by atoms with Gasteiger partial charge in [0.05, 0.1) is 0 Å². The van der Waals surface area contributed by atoms with E-state index in [0.29, 0.717) is 12.8 Å². The van der Waals surface area contributed by atoms with Crippen molar-refractivity contribution in [3.8, 4) is 0 Å². The third kappa shape index (κ3) is 5.62. The van der Waals surface area contributed by atoms with E-state index in [9.17, 15) is 18.0 Å². The Balaban J connectivity index is 2.54. The summed E-state index contributed by atoms with van der Waals surface area (Å²) in [6.45, 7) is 1.51. The largest absolute Gasteiger partial charge is 0.435 e. The van der Waals surface area contributed by atoms with E-state index in [1.54, 1.807) is 6.92 Å². The van der Waals surface area contributed by atoms with Crippen molar-refractivity contribution in [3.63, 3.8) is 0 Å². The van der Waals surface area contributed by atoms with Gasteiger partial charge in [-0.05, 0) is 19.8 Å². The number of aliphatic hydroxyl groups is 1. The van der Waals surface area contributed by atoms with Crippen LogP contribution >= 0.6 is 0 Å². The van der Waals surface area contributed by atoms with Crippen LogP contribution in [-0.4, -0.2) is 33.6 Å². The van der Waals surface area contributed by atoms with Crippen LogP contribution in [-0.2, 0) is 19.8 Å². The van der Waals surface area contributed by atoms with Gasteiger partial charge in [0.15, 0.2) is 5.69 Å². The Morgan fingerprint density at radius 3 is 2.76 bits per heavy atom. The van der Waals surface area contributed by atoms with Crippen molar-refractivity contribution >= 4 is 6.03 Å². The predicted octanol–water partition coefficient (Wildman–Crippen LogP) is 1.40. The van der Waals surface area contributed by atoms with Crippen LogP contribution in [0.15, 0.2) is 6.20 Å². The molecule has 0 aliphatic rings. The molecule has 0 aromatic carbocycles. The summed E-state index contributed by atoms with van der Waals surface area (Å²) in [5, 5.41) is 17.0. The minimum absolute atomic E-state index is 0.0261.